The Labute approximate surface area is 204 Å². The third-order valence-electron chi connectivity index (χ3n) is 6.82. The molecule has 1 N–H and O–H groups in total. The molecule has 2 aromatic carbocycles. The number of hydrogen-bond acceptors (Lipinski definition) is 5. The van der Waals surface area contributed by atoms with Crippen LogP contribution >= 0.6 is 0 Å². The normalized spacial score (nSPS) is 18.1. The van der Waals surface area contributed by atoms with Crippen molar-refractivity contribution in [3.8, 4) is 0 Å². The molecule has 0 aromatic heterocycles. The number of para-hydroxylation sites is 2. The highest BCUT2D eigenvalue weighted by atomic mass is 32.2. The van der Waals surface area contributed by atoms with Gasteiger partial charge in [-0.05, 0) is 55.2 Å². The van der Waals surface area contributed by atoms with E-state index in [4.69, 9.17) is 0 Å². The maximum atomic E-state index is 13.0. The molecule has 35 heavy (non-hydrogen) atoms. The molecule has 2 aromatic rings. The standard InChI is InChI=1S/C25H28N4O5S/c30-23-17-29(22-7-3-2-6-20(22)26-23)25(32)11-10-24(31)28-15-12-18-16-19(8-9-21(18)28)35(33,34)27-13-4-1-5-14-27/h2-3,6-9,16H,1,4-5,10-15,17H2,(H,26,30). The van der Waals surface area contributed by atoms with Crippen molar-refractivity contribution in [3.05, 3.63) is 48.0 Å². The summed E-state index contributed by atoms with van der Waals surface area (Å²) in [5, 5.41) is 2.75. The van der Waals surface area contributed by atoms with Crippen molar-refractivity contribution in [2.45, 2.75) is 43.4 Å². The van der Waals surface area contributed by atoms with Crippen molar-refractivity contribution in [1.82, 2.24) is 4.31 Å². The molecule has 0 saturated carbocycles. The van der Waals surface area contributed by atoms with E-state index >= 15 is 0 Å². The molecule has 0 unspecified atom stereocenters. The SMILES string of the molecule is O=C1CN(C(=O)CCC(=O)N2CCc3cc(S(=O)(=O)N4CCCCC4)ccc32)c2ccccc2N1. The summed E-state index contributed by atoms with van der Waals surface area (Å²) in [6, 6.07) is 12.0. The summed E-state index contributed by atoms with van der Waals surface area (Å²) in [5.41, 5.74) is 2.72. The maximum Gasteiger partial charge on any atom is 0.244 e. The highest BCUT2D eigenvalue weighted by Gasteiger charge is 2.31. The minimum atomic E-state index is -3.54. The second kappa shape index (κ2) is 9.43. The number of nitrogens with one attached hydrogen (secondary N) is 1. The van der Waals surface area contributed by atoms with Crippen LogP contribution in [0.15, 0.2) is 47.4 Å². The van der Waals surface area contributed by atoms with E-state index in [2.05, 4.69) is 5.32 Å². The van der Waals surface area contributed by atoms with Gasteiger partial charge < -0.3 is 15.1 Å². The summed E-state index contributed by atoms with van der Waals surface area (Å²) < 4.78 is 27.6. The highest BCUT2D eigenvalue weighted by molar-refractivity contribution is 7.89. The lowest BCUT2D eigenvalue weighted by Crippen LogP contribution is -2.42. The van der Waals surface area contributed by atoms with E-state index in [0.717, 1.165) is 24.8 Å². The van der Waals surface area contributed by atoms with E-state index in [1.54, 1.807) is 51.7 Å². The van der Waals surface area contributed by atoms with Crippen LogP contribution in [0.5, 0.6) is 0 Å². The Balaban J connectivity index is 1.25. The fourth-order valence-corrected chi connectivity index (χ4v) is 6.56. The zero-order valence-electron chi connectivity index (χ0n) is 19.4. The average Bonchev–Trinajstić information content (AvgIpc) is 3.30. The van der Waals surface area contributed by atoms with Crippen molar-refractivity contribution in [3.63, 3.8) is 0 Å². The molecule has 10 heteroatoms. The van der Waals surface area contributed by atoms with E-state index in [1.165, 1.54) is 4.90 Å². The molecule has 1 saturated heterocycles. The molecule has 3 amide bonds. The molecule has 9 nitrogen and oxygen atoms in total. The third kappa shape index (κ3) is 4.55. The summed E-state index contributed by atoms with van der Waals surface area (Å²) in [4.78, 5) is 41.2. The van der Waals surface area contributed by atoms with Crippen LogP contribution in [0.4, 0.5) is 17.1 Å². The second-order valence-corrected chi connectivity index (χ2v) is 11.0. The van der Waals surface area contributed by atoms with Gasteiger partial charge in [0.1, 0.15) is 6.54 Å². The Bertz CT molecular complexity index is 1290. The summed E-state index contributed by atoms with van der Waals surface area (Å²) in [7, 11) is -3.54. The van der Waals surface area contributed by atoms with Gasteiger partial charge in [-0.25, -0.2) is 8.42 Å². The van der Waals surface area contributed by atoms with Crippen molar-refractivity contribution >= 4 is 44.8 Å². The first kappa shape index (κ1) is 23.5. The maximum absolute atomic E-state index is 13.0. The predicted molar refractivity (Wildman–Crippen MR) is 132 cm³/mol. The summed E-state index contributed by atoms with van der Waals surface area (Å²) in [5.74, 6) is -0.756. The van der Waals surface area contributed by atoms with Crippen molar-refractivity contribution in [1.29, 1.82) is 0 Å². The number of nitrogens with zero attached hydrogens (tertiary/aromatic N) is 3. The van der Waals surface area contributed by atoms with Crippen molar-refractivity contribution in [2.24, 2.45) is 0 Å². The van der Waals surface area contributed by atoms with Crippen LogP contribution in [0, 0.1) is 0 Å². The average molecular weight is 497 g/mol. The Morgan fingerprint density at radius 2 is 1.57 bits per heavy atom. The summed E-state index contributed by atoms with van der Waals surface area (Å²) in [6.45, 7) is 1.46. The molecule has 3 aliphatic heterocycles. The lowest BCUT2D eigenvalue weighted by Gasteiger charge is -2.29. The van der Waals surface area contributed by atoms with Gasteiger partial charge in [0, 0.05) is 38.2 Å². The van der Waals surface area contributed by atoms with Crippen LogP contribution in [-0.2, 0) is 30.8 Å². The lowest BCUT2D eigenvalue weighted by molar-refractivity contribution is -0.124. The van der Waals surface area contributed by atoms with Gasteiger partial charge in [0.05, 0.1) is 16.3 Å². The lowest BCUT2D eigenvalue weighted by atomic mass is 10.1. The number of sulfonamides is 1. The Hall–Kier alpha value is -3.24. The Morgan fingerprint density at radius 1 is 0.857 bits per heavy atom. The minimum absolute atomic E-state index is 0.00634. The number of benzene rings is 2. The van der Waals surface area contributed by atoms with Crippen LogP contribution in [0.3, 0.4) is 0 Å². The number of carbonyl (C=O) groups is 3. The summed E-state index contributed by atoms with van der Waals surface area (Å²) >= 11 is 0. The van der Waals surface area contributed by atoms with Crippen molar-refractivity contribution in [2.75, 3.05) is 41.3 Å². The van der Waals surface area contributed by atoms with Crippen LogP contribution < -0.4 is 15.1 Å². The highest BCUT2D eigenvalue weighted by Crippen LogP contribution is 2.33. The van der Waals surface area contributed by atoms with Crippen LogP contribution in [0.25, 0.3) is 0 Å². The topological polar surface area (TPSA) is 107 Å². The molecular weight excluding hydrogens is 468 g/mol. The van der Waals surface area contributed by atoms with Gasteiger partial charge in [-0.2, -0.15) is 4.31 Å². The Morgan fingerprint density at radius 3 is 2.34 bits per heavy atom. The molecule has 0 spiro atoms. The minimum Gasteiger partial charge on any atom is -0.323 e. The van der Waals surface area contributed by atoms with Gasteiger partial charge in [-0.15, -0.1) is 0 Å². The van der Waals surface area contributed by atoms with Crippen LogP contribution in [0.2, 0.25) is 0 Å². The van der Waals surface area contributed by atoms with E-state index in [1.807, 2.05) is 0 Å². The molecule has 3 aliphatic rings. The van der Waals surface area contributed by atoms with E-state index < -0.39 is 10.0 Å². The predicted octanol–water partition coefficient (Wildman–Crippen LogP) is 2.52. The number of rotatable bonds is 5. The van der Waals surface area contributed by atoms with E-state index in [-0.39, 0.29) is 42.0 Å². The first-order chi connectivity index (χ1) is 16.8. The zero-order chi connectivity index (χ0) is 24.6. The molecule has 0 aliphatic carbocycles. The van der Waals surface area contributed by atoms with Gasteiger partial charge in [0.25, 0.3) is 0 Å². The van der Waals surface area contributed by atoms with E-state index in [0.29, 0.717) is 43.1 Å². The molecule has 184 valence electrons. The fourth-order valence-electron chi connectivity index (χ4n) is 4.99. The number of piperidine rings is 1. The molecule has 5 rings (SSSR count). The first-order valence-electron chi connectivity index (χ1n) is 12.0. The molecule has 0 bridgehead atoms. The Kier molecular flexibility index (Phi) is 6.33. The number of amides is 3. The van der Waals surface area contributed by atoms with Gasteiger partial charge in [0.15, 0.2) is 0 Å². The van der Waals surface area contributed by atoms with Gasteiger partial charge in [0.2, 0.25) is 27.7 Å². The molecular formula is C25H28N4O5S. The monoisotopic (exact) mass is 496 g/mol. The van der Waals surface area contributed by atoms with Crippen LogP contribution in [-0.4, -0.2) is 56.6 Å². The largest absolute Gasteiger partial charge is 0.323 e. The molecule has 0 atom stereocenters. The first-order valence-corrected chi connectivity index (χ1v) is 13.4. The fraction of sp³-hybridized carbons (Fsp3) is 0.400. The zero-order valence-corrected chi connectivity index (χ0v) is 20.2. The second-order valence-electron chi connectivity index (χ2n) is 9.10. The molecule has 3 heterocycles. The third-order valence-corrected chi connectivity index (χ3v) is 8.72. The smallest absolute Gasteiger partial charge is 0.244 e. The molecule has 0 radical (unpaired) electrons. The van der Waals surface area contributed by atoms with Gasteiger partial charge >= 0.3 is 0 Å². The summed E-state index contributed by atoms with van der Waals surface area (Å²) in [6.07, 6.45) is 3.35. The number of carbonyl (C=O) groups excluding carboxylic acids is 3. The van der Waals surface area contributed by atoms with Gasteiger partial charge in [-0.3, -0.25) is 14.4 Å². The molecule has 1 fully saturated rings. The van der Waals surface area contributed by atoms with Crippen LogP contribution in [0.1, 0.15) is 37.7 Å². The number of hydrogen-bond donors (Lipinski definition) is 1. The number of fused-ring (bicyclic) bond motifs is 2. The van der Waals surface area contributed by atoms with Gasteiger partial charge in [-0.1, -0.05) is 18.6 Å². The quantitative estimate of drug-likeness (QED) is 0.685. The van der Waals surface area contributed by atoms with E-state index in [9.17, 15) is 22.8 Å². The van der Waals surface area contributed by atoms with Crippen molar-refractivity contribution < 1.29 is 22.8 Å². The number of anilines is 3.